The van der Waals surface area contributed by atoms with Gasteiger partial charge in [0.05, 0.1) is 35.6 Å². The lowest BCUT2D eigenvalue weighted by Gasteiger charge is -2.23. The number of rotatable bonds is 7. The van der Waals surface area contributed by atoms with Gasteiger partial charge in [0, 0.05) is 28.6 Å². The Labute approximate surface area is 232 Å². The van der Waals surface area contributed by atoms with Gasteiger partial charge < -0.3 is 19.8 Å². The molecule has 5 rings (SSSR count). The summed E-state index contributed by atoms with van der Waals surface area (Å²) in [5.74, 6) is -0.389. The molecule has 3 heterocycles. The first-order valence-electron chi connectivity index (χ1n) is 13.0. The van der Waals surface area contributed by atoms with Crippen LogP contribution in [0.5, 0.6) is 0 Å². The first kappa shape index (κ1) is 26.7. The number of H-pyrrole nitrogens is 1. The highest BCUT2D eigenvalue weighted by Gasteiger charge is 2.25. The molecule has 204 valence electrons. The summed E-state index contributed by atoms with van der Waals surface area (Å²) in [6, 6.07) is 18.3. The molecule has 9 nitrogen and oxygen atoms in total. The highest BCUT2D eigenvalue weighted by atomic mass is 16.6. The van der Waals surface area contributed by atoms with E-state index in [1.165, 1.54) is 0 Å². The molecule has 0 aliphatic heterocycles. The fourth-order valence-electron chi connectivity index (χ4n) is 4.43. The summed E-state index contributed by atoms with van der Waals surface area (Å²) in [6.07, 6.45) is 4.44. The third-order valence-corrected chi connectivity index (χ3v) is 6.30. The van der Waals surface area contributed by atoms with Crippen molar-refractivity contribution in [2.24, 2.45) is 0 Å². The number of carbonyl (C=O) groups is 2. The molecule has 0 aliphatic carbocycles. The number of nitrogens with zero attached hydrogens (tertiary/aromatic N) is 2. The van der Waals surface area contributed by atoms with Gasteiger partial charge in [-0.25, -0.2) is 4.79 Å². The number of carbonyl (C=O) groups excluding carboxylic acids is 2. The summed E-state index contributed by atoms with van der Waals surface area (Å²) in [6.45, 7) is 7.29. The van der Waals surface area contributed by atoms with Crippen LogP contribution < -0.4 is 10.6 Å². The number of furan rings is 1. The van der Waals surface area contributed by atoms with E-state index in [2.05, 4.69) is 25.8 Å². The van der Waals surface area contributed by atoms with E-state index >= 15 is 0 Å². The van der Waals surface area contributed by atoms with Crippen LogP contribution in [0.15, 0.2) is 83.8 Å². The average molecular weight is 538 g/mol. The van der Waals surface area contributed by atoms with Gasteiger partial charge in [-0.15, -0.1) is 0 Å². The molecule has 0 unspecified atom stereocenters. The predicted octanol–water partition coefficient (Wildman–Crippen LogP) is 6.27. The second-order valence-electron chi connectivity index (χ2n) is 10.6. The van der Waals surface area contributed by atoms with Crippen molar-refractivity contribution in [2.45, 2.75) is 45.8 Å². The average Bonchev–Trinajstić information content (AvgIpc) is 3.58. The van der Waals surface area contributed by atoms with Gasteiger partial charge in [0.1, 0.15) is 11.6 Å². The number of aromatic nitrogens is 3. The molecule has 0 radical (unpaired) electrons. The number of hydrogen-bond acceptors (Lipinski definition) is 6. The molecule has 2 amide bonds. The van der Waals surface area contributed by atoms with E-state index in [1.54, 1.807) is 39.5 Å². The Kier molecular flexibility index (Phi) is 7.37. The third kappa shape index (κ3) is 6.20. The van der Waals surface area contributed by atoms with Crippen molar-refractivity contribution in [2.75, 3.05) is 5.32 Å². The van der Waals surface area contributed by atoms with E-state index in [0.717, 1.165) is 38.9 Å². The lowest BCUT2D eigenvalue weighted by molar-refractivity contribution is -0.118. The van der Waals surface area contributed by atoms with E-state index in [-0.39, 0.29) is 12.3 Å². The number of amides is 2. The molecule has 1 atom stereocenters. The Morgan fingerprint density at radius 3 is 2.58 bits per heavy atom. The van der Waals surface area contributed by atoms with Gasteiger partial charge in [-0.3, -0.25) is 14.9 Å². The molecule has 0 saturated carbocycles. The molecular formula is C31H31N5O4. The van der Waals surface area contributed by atoms with Crippen molar-refractivity contribution in [3.8, 4) is 22.4 Å². The maximum atomic E-state index is 13.5. The first-order valence-corrected chi connectivity index (χ1v) is 13.0. The van der Waals surface area contributed by atoms with E-state index < -0.39 is 17.7 Å². The standard InChI is InChI=1S/C31H31N5O4/c1-19-24-15-21(10-11-26(24)36-35-19)25-16-23(17-32-28(25)22-12-13-39-18-22)33-29(37)27(14-20-8-6-5-7-9-20)34-30(38)40-31(2,3)4/h5-13,15-18,27H,14H2,1-4H3,(H,33,37)(H,34,38)(H,35,36)/t27-/m1/s1. The Hall–Kier alpha value is -4.92. The summed E-state index contributed by atoms with van der Waals surface area (Å²) in [4.78, 5) is 30.8. The molecule has 0 fully saturated rings. The molecular weight excluding hydrogens is 506 g/mol. The zero-order chi connectivity index (χ0) is 28.3. The Balaban J connectivity index is 1.47. The molecule has 3 N–H and O–H groups in total. The minimum atomic E-state index is -0.876. The van der Waals surface area contributed by atoms with Crippen molar-refractivity contribution in [1.82, 2.24) is 20.5 Å². The monoisotopic (exact) mass is 537 g/mol. The summed E-state index contributed by atoms with van der Waals surface area (Å²) in [7, 11) is 0. The zero-order valence-electron chi connectivity index (χ0n) is 22.8. The molecule has 0 aliphatic rings. The van der Waals surface area contributed by atoms with Gasteiger partial charge in [0.15, 0.2) is 0 Å². The van der Waals surface area contributed by atoms with E-state index in [1.807, 2.05) is 67.6 Å². The van der Waals surface area contributed by atoms with Crippen LogP contribution in [0.2, 0.25) is 0 Å². The number of hydrogen-bond donors (Lipinski definition) is 3. The molecule has 0 bridgehead atoms. The normalized spacial score (nSPS) is 12.2. The van der Waals surface area contributed by atoms with Crippen LogP contribution in [0, 0.1) is 6.92 Å². The Morgan fingerprint density at radius 1 is 1.05 bits per heavy atom. The molecule has 0 saturated heterocycles. The molecule has 5 aromatic rings. The van der Waals surface area contributed by atoms with E-state index in [9.17, 15) is 9.59 Å². The number of aryl methyl sites for hydroxylation is 1. The lowest BCUT2D eigenvalue weighted by Crippen LogP contribution is -2.47. The zero-order valence-corrected chi connectivity index (χ0v) is 22.8. The molecule has 0 spiro atoms. The van der Waals surface area contributed by atoms with Crippen molar-refractivity contribution in [1.29, 1.82) is 0 Å². The van der Waals surface area contributed by atoms with Crippen molar-refractivity contribution >= 4 is 28.6 Å². The number of alkyl carbamates (subject to hydrolysis) is 1. The van der Waals surface area contributed by atoms with Crippen LogP contribution in [-0.2, 0) is 16.0 Å². The SMILES string of the molecule is Cc1[nH]nc2ccc(-c3cc(NC(=O)[C@@H](Cc4ccccc4)NC(=O)OC(C)(C)C)cnc3-c3ccoc3)cc12. The summed E-state index contributed by atoms with van der Waals surface area (Å²) >= 11 is 0. The van der Waals surface area contributed by atoms with Crippen molar-refractivity contribution in [3.05, 3.63) is 90.6 Å². The lowest BCUT2D eigenvalue weighted by atomic mass is 9.98. The largest absolute Gasteiger partial charge is 0.472 e. The number of ether oxygens (including phenoxy) is 1. The van der Waals surface area contributed by atoms with Gasteiger partial charge in [-0.05, 0) is 63.1 Å². The number of pyridine rings is 1. The highest BCUT2D eigenvalue weighted by Crippen LogP contribution is 2.34. The number of benzene rings is 2. The fraction of sp³-hybridized carbons (Fsp3) is 0.226. The second kappa shape index (κ2) is 11.1. The Morgan fingerprint density at radius 2 is 1.85 bits per heavy atom. The Bertz CT molecular complexity index is 1640. The summed E-state index contributed by atoms with van der Waals surface area (Å²) < 4.78 is 10.7. The van der Waals surface area contributed by atoms with Crippen LogP contribution in [0.25, 0.3) is 33.3 Å². The maximum Gasteiger partial charge on any atom is 0.408 e. The number of nitrogens with one attached hydrogen (secondary N) is 3. The number of anilines is 1. The van der Waals surface area contributed by atoms with Crippen LogP contribution in [0.3, 0.4) is 0 Å². The predicted molar refractivity (Wildman–Crippen MR) is 154 cm³/mol. The third-order valence-electron chi connectivity index (χ3n) is 6.30. The van der Waals surface area contributed by atoms with Gasteiger partial charge in [0.25, 0.3) is 0 Å². The van der Waals surface area contributed by atoms with Crippen LogP contribution in [-0.4, -0.2) is 38.8 Å². The van der Waals surface area contributed by atoms with Gasteiger partial charge in [-0.1, -0.05) is 36.4 Å². The summed E-state index contributed by atoms with van der Waals surface area (Å²) in [5, 5.41) is 14.0. The second-order valence-corrected chi connectivity index (χ2v) is 10.6. The fourth-order valence-corrected chi connectivity index (χ4v) is 4.43. The molecule has 9 heteroatoms. The molecule has 3 aromatic heterocycles. The maximum absolute atomic E-state index is 13.5. The molecule has 2 aromatic carbocycles. The topological polar surface area (TPSA) is 122 Å². The van der Waals surface area contributed by atoms with Gasteiger partial charge in [-0.2, -0.15) is 5.10 Å². The van der Waals surface area contributed by atoms with E-state index in [0.29, 0.717) is 11.4 Å². The van der Waals surface area contributed by atoms with Crippen LogP contribution in [0.4, 0.5) is 10.5 Å². The summed E-state index contributed by atoms with van der Waals surface area (Å²) in [5.41, 5.74) is 5.73. The minimum Gasteiger partial charge on any atom is -0.472 e. The van der Waals surface area contributed by atoms with E-state index in [4.69, 9.17) is 9.15 Å². The van der Waals surface area contributed by atoms with Gasteiger partial charge >= 0.3 is 6.09 Å². The smallest absolute Gasteiger partial charge is 0.408 e. The first-order chi connectivity index (χ1) is 19.2. The highest BCUT2D eigenvalue weighted by molar-refractivity contribution is 5.98. The minimum absolute atomic E-state index is 0.287. The molecule has 40 heavy (non-hydrogen) atoms. The number of fused-ring (bicyclic) bond motifs is 1. The van der Waals surface area contributed by atoms with Crippen molar-refractivity contribution in [3.63, 3.8) is 0 Å². The van der Waals surface area contributed by atoms with Gasteiger partial charge in [0.2, 0.25) is 5.91 Å². The van der Waals surface area contributed by atoms with Crippen LogP contribution in [0.1, 0.15) is 32.0 Å². The van der Waals surface area contributed by atoms with Crippen LogP contribution >= 0.6 is 0 Å². The number of aromatic amines is 1. The van der Waals surface area contributed by atoms with Crippen molar-refractivity contribution < 1.29 is 18.7 Å². The quantitative estimate of drug-likeness (QED) is 0.225.